The van der Waals surface area contributed by atoms with E-state index in [2.05, 4.69) is 18.2 Å². The Labute approximate surface area is 79.3 Å². The fourth-order valence-corrected chi connectivity index (χ4v) is 1.16. The normalized spacial score (nSPS) is 12.3. The van der Waals surface area contributed by atoms with Gasteiger partial charge >= 0.3 is 0 Å². The average molecular weight is 177 g/mol. The maximum atomic E-state index is 5.25. The molecule has 0 saturated heterocycles. The highest BCUT2D eigenvalue weighted by Gasteiger charge is 2.03. The van der Waals surface area contributed by atoms with E-state index < -0.39 is 0 Å². The van der Waals surface area contributed by atoms with Crippen molar-refractivity contribution in [2.24, 2.45) is 0 Å². The fraction of sp³-hybridized carbons (Fsp3) is 0.455. The van der Waals surface area contributed by atoms with E-state index in [1.54, 1.807) is 12.5 Å². The fourth-order valence-electron chi connectivity index (χ4n) is 1.16. The molecule has 0 aliphatic carbocycles. The minimum absolute atomic E-state index is 0.417. The van der Waals surface area contributed by atoms with Crippen LogP contribution in [0.4, 0.5) is 0 Å². The van der Waals surface area contributed by atoms with E-state index in [4.69, 9.17) is 10.8 Å². The predicted octanol–water partition coefficient (Wildman–Crippen LogP) is 2.17. The Morgan fingerprint density at radius 2 is 2.54 bits per heavy atom. The molecule has 1 heterocycles. The molecule has 2 nitrogen and oxygen atoms in total. The maximum Gasteiger partial charge on any atom is 0.0947 e. The summed E-state index contributed by atoms with van der Waals surface area (Å²) in [6.45, 7) is 2.96. The third kappa shape index (κ3) is 3.35. The largest absolute Gasteiger partial charge is 0.472 e. The summed E-state index contributed by atoms with van der Waals surface area (Å²) in [7, 11) is 0. The Morgan fingerprint density at radius 1 is 1.69 bits per heavy atom. The zero-order chi connectivity index (χ0) is 9.52. The van der Waals surface area contributed by atoms with Gasteiger partial charge in [0.05, 0.1) is 12.5 Å². The van der Waals surface area contributed by atoms with Gasteiger partial charge in [0.2, 0.25) is 0 Å². The number of furan rings is 1. The van der Waals surface area contributed by atoms with Crippen molar-refractivity contribution in [3.8, 4) is 12.3 Å². The highest BCUT2D eigenvalue weighted by atomic mass is 16.3. The Kier molecular flexibility index (Phi) is 4.14. The molecule has 0 aliphatic heterocycles. The van der Waals surface area contributed by atoms with Gasteiger partial charge in [0, 0.05) is 24.6 Å². The lowest BCUT2D eigenvalue weighted by molar-refractivity contribution is 0.501. The molecule has 70 valence electrons. The lowest BCUT2D eigenvalue weighted by atomic mass is 10.1. The minimum atomic E-state index is 0.417. The standard InChI is InChI=1S/C11H15NO/c1-3-5-11(4-2)12-8-10-6-7-13-9-10/h1,6-7,9,11-12H,4-5,8H2,2H3. The van der Waals surface area contributed by atoms with Crippen LogP contribution < -0.4 is 5.32 Å². The third-order valence-electron chi connectivity index (χ3n) is 2.03. The molecule has 0 saturated carbocycles. The van der Waals surface area contributed by atoms with E-state index in [0.717, 1.165) is 24.9 Å². The van der Waals surface area contributed by atoms with Crippen LogP contribution in [0, 0.1) is 12.3 Å². The lowest BCUT2D eigenvalue weighted by Gasteiger charge is -2.12. The first-order chi connectivity index (χ1) is 6.36. The molecular formula is C11H15NO. The molecule has 0 spiro atoms. The van der Waals surface area contributed by atoms with Crippen molar-refractivity contribution >= 4 is 0 Å². The number of hydrogen-bond donors (Lipinski definition) is 1. The van der Waals surface area contributed by atoms with Crippen molar-refractivity contribution in [1.82, 2.24) is 5.32 Å². The Morgan fingerprint density at radius 3 is 3.08 bits per heavy atom. The summed E-state index contributed by atoms with van der Waals surface area (Å²) in [5.74, 6) is 2.66. The number of hydrogen-bond acceptors (Lipinski definition) is 2. The predicted molar refractivity (Wildman–Crippen MR) is 53.1 cm³/mol. The molecule has 0 radical (unpaired) electrons. The van der Waals surface area contributed by atoms with Crippen molar-refractivity contribution in [2.45, 2.75) is 32.4 Å². The van der Waals surface area contributed by atoms with Gasteiger partial charge in [-0.25, -0.2) is 0 Å². The summed E-state index contributed by atoms with van der Waals surface area (Å²) >= 11 is 0. The molecule has 1 aromatic heterocycles. The van der Waals surface area contributed by atoms with Gasteiger partial charge in [0.25, 0.3) is 0 Å². The van der Waals surface area contributed by atoms with Gasteiger partial charge in [-0.3, -0.25) is 0 Å². The van der Waals surface area contributed by atoms with Crippen molar-refractivity contribution in [2.75, 3.05) is 0 Å². The summed E-state index contributed by atoms with van der Waals surface area (Å²) in [5.41, 5.74) is 1.16. The summed E-state index contributed by atoms with van der Waals surface area (Å²) in [6, 6.07) is 2.37. The molecule has 0 bridgehead atoms. The molecule has 1 unspecified atom stereocenters. The first kappa shape index (κ1) is 9.88. The van der Waals surface area contributed by atoms with Crippen molar-refractivity contribution in [1.29, 1.82) is 0 Å². The highest BCUT2D eigenvalue weighted by Crippen LogP contribution is 2.02. The highest BCUT2D eigenvalue weighted by molar-refractivity contribution is 5.05. The van der Waals surface area contributed by atoms with Crippen molar-refractivity contribution in [3.05, 3.63) is 24.2 Å². The summed E-state index contributed by atoms with van der Waals surface area (Å²) in [6.07, 6.45) is 10.5. The van der Waals surface area contributed by atoms with Gasteiger partial charge in [0.1, 0.15) is 0 Å². The van der Waals surface area contributed by atoms with E-state index in [1.807, 2.05) is 6.07 Å². The quantitative estimate of drug-likeness (QED) is 0.697. The Hall–Kier alpha value is -1.20. The molecule has 1 atom stereocenters. The molecule has 13 heavy (non-hydrogen) atoms. The van der Waals surface area contributed by atoms with Gasteiger partial charge in [-0.05, 0) is 12.5 Å². The van der Waals surface area contributed by atoms with E-state index in [0.29, 0.717) is 6.04 Å². The molecule has 0 amide bonds. The van der Waals surface area contributed by atoms with Gasteiger partial charge in [-0.1, -0.05) is 6.92 Å². The van der Waals surface area contributed by atoms with Crippen LogP contribution in [0.1, 0.15) is 25.3 Å². The van der Waals surface area contributed by atoms with Crippen LogP contribution in [0.3, 0.4) is 0 Å². The lowest BCUT2D eigenvalue weighted by Crippen LogP contribution is -2.27. The molecule has 1 N–H and O–H groups in total. The van der Waals surface area contributed by atoms with Gasteiger partial charge in [-0.2, -0.15) is 0 Å². The molecule has 1 rings (SSSR count). The van der Waals surface area contributed by atoms with E-state index >= 15 is 0 Å². The third-order valence-corrected chi connectivity index (χ3v) is 2.03. The zero-order valence-electron chi connectivity index (χ0n) is 7.92. The molecular weight excluding hydrogens is 162 g/mol. The van der Waals surface area contributed by atoms with E-state index in [-0.39, 0.29) is 0 Å². The van der Waals surface area contributed by atoms with Crippen molar-refractivity contribution in [3.63, 3.8) is 0 Å². The minimum Gasteiger partial charge on any atom is -0.472 e. The van der Waals surface area contributed by atoms with Gasteiger partial charge < -0.3 is 9.73 Å². The van der Waals surface area contributed by atoms with Crippen LogP contribution >= 0.6 is 0 Å². The van der Waals surface area contributed by atoms with Crippen LogP contribution in [0.25, 0.3) is 0 Å². The molecule has 2 heteroatoms. The number of terminal acetylenes is 1. The molecule has 0 aromatic carbocycles. The Bertz CT molecular complexity index is 258. The van der Waals surface area contributed by atoms with Gasteiger partial charge in [0.15, 0.2) is 0 Å². The summed E-state index contributed by atoms with van der Waals surface area (Å²) in [5, 5.41) is 3.37. The SMILES string of the molecule is C#CCC(CC)NCc1ccoc1. The zero-order valence-corrected chi connectivity index (χ0v) is 7.92. The second kappa shape index (κ2) is 5.45. The molecule has 0 aliphatic rings. The van der Waals surface area contributed by atoms with Crippen LogP contribution in [0.5, 0.6) is 0 Å². The van der Waals surface area contributed by atoms with Crippen LogP contribution in [0.2, 0.25) is 0 Å². The Balaban J connectivity index is 2.28. The van der Waals surface area contributed by atoms with Gasteiger partial charge in [-0.15, -0.1) is 12.3 Å². The van der Waals surface area contributed by atoms with Crippen molar-refractivity contribution < 1.29 is 4.42 Å². The van der Waals surface area contributed by atoms with Crippen LogP contribution in [-0.4, -0.2) is 6.04 Å². The van der Waals surface area contributed by atoms with E-state index in [1.165, 1.54) is 0 Å². The first-order valence-electron chi connectivity index (χ1n) is 4.54. The second-order valence-electron chi connectivity index (χ2n) is 3.03. The van der Waals surface area contributed by atoms with Crippen LogP contribution in [0.15, 0.2) is 23.0 Å². The number of rotatable bonds is 5. The second-order valence-corrected chi connectivity index (χ2v) is 3.03. The summed E-state index contributed by atoms with van der Waals surface area (Å²) < 4.78 is 4.96. The molecule has 1 aromatic rings. The number of nitrogens with one attached hydrogen (secondary N) is 1. The smallest absolute Gasteiger partial charge is 0.0947 e. The average Bonchev–Trinajstić information content (AvgIpc) is 2.64. The maximum absolute atomic E-state index is 5.25. The topological polar surface area (TPSA) is 25.2 Å². The summed E-state index contributed by atoms with van der Waals surface area (Å²) in [4.78, 5) is 0. The first-order valence-corrected chi connectivity index (χ1v) is 4.54. The van der Waals surface area contributed by atoms with Crippen LogP contribution in [-0.2, 0) is 6.54 Å². The monoisotopic (exact) mass is 177 g/mol. The van der Waals surface area contributed by atoms with E-state index in [9.17, 15) is 0 Å². The molecule has 0 fully saturated rings.